The number of imidazole rings is 1. The van der Waals surface area contributed by atoms with Crippen LogP contribution >= 0.6 is 0 Å². The maximum atomic E-state index is 14.1. The SMILES string of the molecule is Cn1cnnc1C1(c2cccc(NC(=O)c3cc(CO)cn4c(F)cnc34)c2)CC(CC#N)C1. The van der Waals surface area contributed by atoms with Crippen molar-refractivity contribution in [1.82, 2.24) is 24.1 Å². The van der Waals surface area contributed by atoms with Crippen molar-refractivity contribution in [3.8, 4) is 6.07 Å². The Morgan fingerprint density at radius 2 is 2.21 bits per heavy atom. The molecule has 34 heavy (non-hydrogen) atoms. The van der Waals surface area contributed by atoms with Crippen molar-refractivity contribution >= 4 is 17.2 Å². The Morgan fingerprint density at radius 3 is 2.91 bits per heavy atom. The summed E-state index contributed by atoms with van der Waals surface area (Å²) in [7, 11) is 1.89. The Labute approximate surface area is 194 Å². The molecule has 1 amide bonds. The highest BCUT2D eigenvalue weighted by molar-refractivity contribution is 6.08. The van der Waals surface area contributed by atoms with E-state index in [1.807, 2.05) is 29.8 Å². The lowest BCUT2D eigenvalue weighted by molar-refractivity contribution is 0.102. The van der Waals surface area contributed by atoms with Crippen molar-refractivity contribution in [2.24, 2.45) is 13.0 Å². The number of aliphatic hydroxyl groups is 1. The zero-order valence-electron chi connectivity index (χ0n) is 18.4. The smallest absolute Gasteiger partial charge is 0.259 e. The van der Waals surface area contributed by atoms with Crippen molar-refractivity contribution in [3.63, 3.8) is 0 Å². The molecular weight excluding hydrogens is 437 g/mol. The number of nitrogens with zero attached hydrogens (tertiary/aromatic N) is 6. The molecule has 0 radical (unpaired) electrons. The number of aliphatic hydroxyl groups excluding tert-OH is 1. The second-order valence-corrected chi connectivity index (χ2v) is 8.71. The quantitative estimate of drug-likeness (QED) is 0.457. The van der Waals surface area contributed by atoms with Crippen LogP contribution in [0.4, 0.5) is 10.1 Å². The Kier molecular flexibility index (Phi) is 5.34. The van der Waals surface area contributed by atoms with Gasteiger partial charge in [0.05, 0.1) is 29.9 Å². The molecule has 5 rings (SSSR count). The van der Waals surface area contributed by atoms with Crippen LogP contribution in [-0.4, -0.2) is 35.2 Å². The van der Waals surface area contributed by atoms with Crippen molar-refractivity contribution in [2.75, 3.05) is 5.32 Å². The predicted octanol–water partition coefficient (Wildman–Crippen LogP) is 2.96. The van der Waals surface area contributed by atoms with E-state index in [1.165, 1.54) is 12.3 Å². The first-order valence-electron chi connectivity index (χ1n) is 10.8. The average molecular weight is 459 g/mol. The summed E-state index contributed by atoms with van der Waals surface area (Å²) in [5.41, 5.74) is 1.84. The van der Waals surface area contributed by atoms with Crippen LogP contribution in [0.25, 0.3) is 5.65 Å². The number of rotatable bonds is 6. The van der Waals surface area contributed by atoms with E-state index >= 15 is 0 Å². The number of hydrogen-bond donors (Lipinski definition) is 2. The molecule has 2 N–H and O–H groups in total. The number of carbonyl (C=O) groups excluding carboxylic acids is 1. The van der Waals surface area contributed by atoms with Gasteiger partial charge in [-0.2, -0.15) is 9.65 Å². The fraction of sp³-hybridized carbons (Fsp3) is 0.292. The number of halogens is 1. The van der Waals surface area contributed by atoms with Crippen molar-refractivity contribution in [1.29, 1.82) is 5.26 Å². The van der Waals surface area contributed by atoms with E-state index in [-0.39, 0.29) is 23.7 Å². The lowest BCUT2D eigenvalue weighted by Gasteiger charge is -2.46. The second kappa shape index (κ2) is 8.35. The van der Waals surface area contributed by atoms with Crippen molar-refractivity contribution in [3.05, 3.63) is 77.5 Å². The third-order valence-electron chi connectivity index (χ3n) is 6.51. The van der Waals surface area contributed by atoms with Crippen molar-refractivity contribution in [2.45, 2.75) is 31.3 Å². The van der Waals surface area contributed by atoms with Gasteiger partial charge in [0.1, 0.15) is 12.2 Å². The van der Waals surface area contributed by atoms with Gasteiger partial charge in [0.2, 0.25) is 5.95 Å². The molecule has 1 aliphatic carbocycles. The number of nitriles is 1. The monoisotopic (exact) mass is 459 g/mol. The van der Waals surface area contributed by atoms with Gasteiger partial charge in [-0.25, -0.2) is 4.98 Å². The predicted molar refractivity (Wildman–Crippen MR) is 120 cm³/mol. The van der Waals surface area contributed by atoms with Crippen LogP contribution in [-0.2, 0) is 19.1 Å². The van der Waals surface area contributed by atoms with Crippen LogP contribution in [0.3, 0.4) is 0 Å². The minimum Gasteiger partial charge on any atom is -0.392 e. The molecule has 0 bridgehead atoms. The number of aryl methyl sites for hydroxylation is 1. The molecule has 0 aliphatic heterocycles. The first kappa shape index (κ1) is 21.7. The molecule has 1 aliphatic rings. The van der Waals surface area contributed by atoms with Gasteiger partial charge in [-0.3, -0.25) is 9.20 Å². The van der Waals surface area contributed by atoms with E-state index in [4.69, 9.17) is 5.26 Å². The zero-order valence-corrected chi connectivity index (χ0v) is 18.4. The lowest BCUT2D eigenvalue weighted by atomic mass is 9.57. The third-order valence-corrected chi connectivity index (χ3v) is 6.51. The lowest BCUT2D eigenvalue weighted by Crippen LogP contribution is -2.44. The molecule has 3 aromatic heterocycles. The van der Waals surface area contributed by atoms with Crippen molar-refractivity contribution < 1.29 is 14.3 Å². The molecule has 0 saturated heterocycles. The summed E-state index contributed by atoms with van der Waals surface area (Å²) >= 11 is 0. The second-order valence-electron chi connectivity index (χ2n) is 8.71. The van der Waals surface area contributed by atoms with E-state index in [9.17, 15) is 14.3 Å². The summed E-state index contributed by atoms with van der Waals surface area (Å²) in [4.78, 5) is 17.1. The number of amides is 1. The normalized spacial score (nSPS) is 19.5. The number of nitrogens with one attached hydrogen (secondary N) is 1. The minimum absolute atomic E-state index is 0.154. The van der Waals surface area contributed by atoms with Crippen LogP contribution in [0, 0.1) is 23.2 Å². The molecule has 1 saturated carbocycles. The van der Waals surface area contributed by atoms with E-state index in [0.717, 1.165) is 34.8 Å². The summed E-state index contributed by atoms with van der Waals surface area (Å²) in [6, 6.07) is 11.3. The number of anilines is 1. The van der Waals surface area contributed by atoms with E-state index in [2.05, 4.69) is 26.6 Å². The van der Waals surface area contributed by atoms with E-state index in [0.29, 0.717) is 17.7 Å². The highest BCUT2D eigenvalue weighted by Gasteiger charge is 2.49. The van der Waals surface area contributed by atoms with Gasteiger partial charge < -0.3 is 15.0 Å². The van der Waals surface area contributed by atoms with Crippen LogP contribution in [0.2, 0.25) is 0 Å². The number of fused-ring (bicyclic) bond motifs is 1. The molecular formula is C24H22FN7O2. The summed E-state index contributed by atoms with van der Waals surface area (Å²) in [6.45, 7) is -0.340. The maximum Gasteiger partial charge on any atom is 0.259 e. The van der Waals surface area contributed by atoms with E-state index in [1.54, 1.807) is 12.4 Å². The van der Waals surface area contributed by atoms with Gasteiger partial charge in [0, 0.05) is 25.4 Å². The minimum atomic E-state index is -0.621. The number of hydrogen-bond acceptors (Lipinski definition) is 6. The molecule has 10 heteroatoms. The molecule has 4 aromatic rings. The third kappa shape index (κ3) is 3.50. The Balaban J connectivity index is 1.48. The summed E-state index contributed by atoms with van der Waals surface area (Å²) in [5, 5.41) is 29.9. The summed E-state index contributed by atoms with van der Waals surface area (Å²) in [6.07, 6.45) is 6.10. The van der Waals surface area contributed by atoms with Gasteiger partial charge in [0.25, 0.3) is 5.91 Å². The fourth-order valence-corrected chi connectivity index (χ4v) is 4.92. The molecule has 0 unspecified atom stereocenters. The van der Waals surface area contributed by atoms with Gasteiger partial charge >= 0.3 is 0 Å². The molecule has 1 fully saturated rings. The number of pyridine rings is 1. The van der Waals surface area contributed by atoms with Gasteiger partial charge in [-0.05, 0) is 48.1 Å². The maximum absolute atomic E-state index is 14.1. The topological polar surface area (TPSA) is 121 Å². The number of carbonyl (C=O) groups is 1. The molecule has 172 valence electrons. The molecule has 9 nitrogen and oxygen atoms in total. The Bertz CT molecular complexity index is 1430. The Hall–Kier alpha value is -4.10. The van der Waals surface area contributed by atoms with Crippen LogP contribution in [0.1, 0.15) is 46.6 Å². The van der Waals surface area contributed by atoms with Gasteiger partial charge in [0.15, 0.2) is 5.65 Å². The van der Waals surface area contributed by atoms with Crippen LogP contribution < -0.4 is 5.32 Å². The van der Waals surface area contributed by atoms with Crippen LogP contribution in [0.15, 0.2) is 49.1 Å². The van der Waals surface area contributed by atoms with Gasteiger partial charge in [-0.1, -0.05) is 12.1 Å². The highest BCUT2D eigenvalue weighted by Crippen LogP contribution is 2.53. The molecule has 1 aromatic carbocycles. The Morgan fingerprint density at radius 1 is 1.38 bits per heavy atom. The van der Waals surface area contributed by atoms with Crippen LogP contribution in [0.5, 0.6) is 0 Å². The van der Waals surface area contributed by atoms with E-state index < -0.39 is 17.3 Å². The highest BCUT2D eigenvalue weighted by atomic mass is 19.1. The zero-order chi connectivity index (χ0) is 23.9. The number of aromatic nitrogens is 5. The molecule has 0 atom stereocenters. The standard InChI is InChI=1S/C24H22FN7O2/c1-31-14-28-30-23(31)24(9-15(10-24)5-6-26)17-3-2-4-18(8-17)29-22(34)19-7-16(13-33)12-32-20(25)11-27-21(19)32/h2-4,7-8,11-12,14-15,33H,5,9-10,13H2,1H3,(H,29,34). The molecule has 0 spiro atoms. The summed E-state index contributed by atoms with van der Waals surface area (Å²) in [5.74, 6) is -0.00392. The first-order valence-corrected chi connectivity index (χ1v) is 10.8. The first-order chi connectivity index (χ1) is 16.4. The fourth-order valence-electron chi connectivity index (χ4n) is 4.92. The summed E-state index contributed by atoms with van der Waals surface area (Å²) < 4.78 is 17.1. The average Bonchev–Trinajstić information content (AvgIpc) is 3.41. The number of benzene rings is 1. The molecule has 3 heterocycles. The largest absolute Gasteiger partial charge is 0.392 e. The van der Waals surface area contributed by atoms with Gasteiger partial charge in [-0.15, -0.1) is 10.2 Å².